The number of phenols is 1. The Labute approximate surface area is 193 Å². The van der Waals surface area contributed by atoms with Crippen LogP contribution in [-0.4, -0.2) is 30.1 Å². The SMILES string of the molecule is CCOc1cc([C@H]2C(C(=O)OCCc3ccccc3)=C(C)NC3=C2C(=O)CCC3)ccc1O. The summed E-state index contributed by atoms with van der Waals surface area (Å²) in [7, 11) is 0. The Balaban J connectivity index is 1.67. The van der Waals surface area contributed by atoms with Crippen LogP contribution in [0.15, 0.2) is 71.1 Å². The van der Waals surface area contributed by atoms with Crippen LogP contribution in [0.1, 0.15) is 50.2 Å². The number of aromatic hydroxyl groups is 1. The lowest BCUT2D eigenvalue weighted by molar-refractivity contribution is -0.139. The number of ketones is 1. The molecule has 2 aromatic rings. The van der Waals surface area contributed by atoms with Gasteiger partial charge in [0, 0.05) is 35.7 Å². The van der Waals surface area contributed by atoms with Gasteiger partial charge in [-0.25, -0.2) is 4.79 Å². The molecule has 1 aliphatic carbocycles. The van der Waals surface area contributed by atoms with E-state index >= 15 is 0 Å². The zero-order valence-corrected chi connectivity index (χ0v) is 19.0. The van der Waals surface area contributed by atoms with Crippen LogP contribution in [0.5, 0.6) is 11.5 Å². The lowest BCUT2D eigenvalue weighted by Gasteiger charge is -2.34. The van der Waals surface area contributed by atoms with E-state index in [1.54, 1.807) is 18.2 Å². The van der Waals surface area contributed by atoms with Crippen LogP contribution in [0.4, 0.5) is 0 Å². The van der Waals surface area contributed by atoms with Gasteiger partial charge in [-0.3, -0.25) is 4.79 Å². The van der Waals surface area contributed by atoms with Crippen LogP contribution in [0.25, 0.3) is 0 Å². The summed E-state index contributed by atoms with van der Waals surface area (Å²) in [6, 6.07) is 14.8. The predicted molar refractivity (Wildman–Crippen MR) is 125 cm³/mol. The minimum atomic E-state index is -0.571. The Morgan fingerprint density at radius 2 is 1.94 bits per heavy atom. The normalized spacial score (nSPS) is 18.0. The van der Waals surface area contributed by atoms with Crippen molar-refractivity contribution in [3.63, 3.8) is 0 Å². The third-order valence-corrected chi connectivity index (χ3v) is 6.08. The number of carbonyl (C=O) groups is 2. The molecule has 6 heteroatoms. The van der Waals surface area contributed by atoms with Gasteiger partial charge < -0.3 is 19.9 Å². The van der Waals surface area contributed by atoms with Gasteiger partial charge in [-0.15, -0.1) is 0 Å². The molecule has 0 saturated heterocycles. The standard InChI is InChI=1S/C27H29NO5/c1-3-32-23-16-19(12-13-21(23)29)25-24(17(2)28-20-10-7-11-22(30)26(20)25)27(31)33-15-14-18-8-5-4-6-9-18/h4-6,8-9,12-13,16,25,28-29H,3,7,10-11,14-15H2,1-2H3/t25-/m0/s1. The highest BCUT2D eigenvalue weighted by Gasteiger charge is 2.39. The summed E-state index contributed by atoms with van der Waals surface area (Å²) in [5.41, 5.74) is 4.38. The fourth-order valence-electron chi connectivity index (χ4n) is 4.55. The first-order valence-electron chi connectivity index (χ1n) is 11.4. The van der Waals surface area contributed by atoms with Gasteiger partial charge in [0.05, 0.1) is 18.8 Å². The zero-order valence-electron chi connectivity index (χ0n) is 19.0. The number of hydrogen-bond acceptors (Lipinski definition) is 6. The molecule has 33 heavy (non-hydrogen) atoms. The molecule has 172 valence electrons. The van der Waals surface area contributed by atoms with Crippen molar-refractivity contribution in [2.75, 3.05) is 13.2 Å². The van der Waals surface area contributed by atoms with Crippen molar-refractivity contribution in [1.29, 1.82) is 0 Å². The highest BCUT2D eigenvalue weighted by molar-refractivity contribution is 6.03. The summed E-state index contributed by atoms with van der Waals surface area (Å²) in [5.74, 6) is -0.642. The number of rotatable bonds is 7. The van der Waals surface area contributed by atoms with Crippen LogP contribution in [0, 0.1) is 0 Å². The van der Waals surface area contributed by atoms with E-state index in [2.05, 4.69) is 5.32 Å². The molecule has 2 N–H and O–H groups in total. The number of dihydropyridines is 1. The van der Waals surface area contributed by atoms with Gasteiger partial charge in [0.1, 0.15) is 0 Å². The smallest absolute Gasteiger partial charge is 0.336 e. The number of ether oxygens (including phenoxy) is 2. The molecule has 0 amide bonds. The lowest BCUT2D eigenvalue weighted by atomic mass is 9.75. The molecule has 6 nitrogen and oxygen atoms in total. The monoisotopic (exact) mass is 447 g/mol. The molecule has 0 unspecified atom stereocenters. The fourth-order valence-corrected chi connectivity index (χ4v) is 4.55. The summed E-state index contributed by atoms with van der Waals surface area (Å²) in [4.78, 5) is 26.3. The molecule has 1 heterocycles. The average molecular weight is 448 g/mol. The van der Waals surface area contributed by atoms with Crippen molar-refractivity contribution < 1.29 is 24.2 Å². The van der Waals surface area contributed by atoms with Gasteiger partial charge in [-0.2, -0.15) is 0 Å². The maximum Gasteiger partial charge on any atom is 0.336 e. The van der Waals surface area contributed by atoms with Crippen LogP contribution in [0.3, 0.4) is 0 Å². The predicted octanol–water partition coefficient (Wildman–Crippen LogP) is 4.54. The molecular weight excluding hydrogens is 418 g/mol. The topological polar surface area (TPSA) is 84.9 Å². The van der Waals surface area contributed by atoms with Gasteiger partial charge in [0.2, 0.25) is 0 Å². The molecule has 2 aromatic carbocycles. The van der Waals surface area contributed by atoms with Crippen LogP contribution >= 0.6 is 0 Å². The third kappa shape index (κ3) is 4.80. The zero-order chi connectivity index (χ0) is 23.4. The fraction of sp³-hybridized carbons (Fsp3) is 0.333. The molecule has 2 aliphatic rings. The van der Waals surface area contributed by atoms with Crippen molar-refractivity contribution in [1.82, 2.24) is 5.32 Å². The Morgan fingerprint density at radius 1 is 1.15 bits per heavy atom. The number of esters is 1. The summed E-state index contributed by atoms with van der Waals surface area (Å²) in [6.07, 6.45) is 2.59. The Morgan fingerprint density at radius 3 is 2.70 bits per heavy atom. The van der Waals surface area contributed by atoms with E-state index in [0.717, 1.165) is 29.7 Å². The van der Waals surface area contributed by atoms with Crippen LogP contribution in [0.2, 0.25) is 0 Å². The number of nitrogens with one attached hydrogen (secondary N) is 1. The van der Waals surface area contributed by atoms with Crippen LogP contribution < -0.4 is 10.1 Å². The summed E-state index contributed by atoms with van der Waals surface area (Å²) >= 11 is 0. The molecule has 0 radical (unpaired) electrons. The van der Waals surface area contributed by atoms with E-state index in [-0.39, 0.29) is 18.1 Å². The van der Waals surface area contributed by atoms with Gasteiger partial charge in [-0.05, 0) is 49.9 Å². The Hall–Kier alpha value is -3.54. The summed E-state index contributed by atoms with van der Waals surface area (Å²) in [6.45, 7) is 4.31. The maximum atomic E-state index is 13.3. The second kappa shape index (κ2) is 9.94. The molecule has 0 aromatic heterocycles. The first kappa shape index (κ1) is 22.6. The Bertz CT molecular complexity index is 1120. The van der Waals surface area contributed by atoms with Crippen molar-refractivity contribution in [3.8, 4) is 11.5 Å². The van der Waals surface area contributed by atoms with E-state index in [9.17, 15) is 14.7 Å². The molecule has 4 rings (SSSR count). The van der Waals surface area contributed by atoms with E-state index in [0.29, 0.717) is 42.0 Å². The second-order valence-corrected chi connectivity index (χ2v) is 8.30. The van der Waals surface area contributed by atoms with Crippen molar-refractivity contribution in [2.24, 2.45) is 0 Å². The van der Waals surface area contributed by atoms with Crippen molar-refractivity contribution in [2.45, 2.75) is 45.4 Å². The molecule has 0 bridgehead atoms. The highest BCUT2D eigenvalue weighted by atomic mass is 16.5. The number of Topliss-reactive ketones (excluding diaryl/α,β-unsaturated/α-hetero) is 1. The number of phenolic OH excluding ortho intramolecular Hbond substituents is 1. The second-order valence-electron chi connectivity index (χ2n) is 8.30. The van der Waals surface area contributed by atoms with E-state index < -0.39 is 11.9 Å². The quantitative estimate of drug-likeness (QED) is 0.606. The van der Waals surface area contributed by atoms with Crippen molar-refractivity contribution in [3.05, 3.63) is 82.2 Å². The highest BCUT2D eigenvalue weighted by Crippen LogP contribution is 2.44. The molecule has 1 atom stereocenters. The summed E-state index contributed by atoms with van der Waals surface area (Å²) < 4.78 is 11.2. The molecule has 0 spiro atoms. The first-order chi connectivity index (χ1) is 16.0. The number of benzene rings is 2. The minimum absolute atomic E-state index is 0.0198. The summed E-state index contributed by atoms with van der Waals surface area (Å²) in [5, 5.41) is 13.5. The maximum absolute atomic E-state index is 13.3. The third-order valence-electron chi connectivity index (χ3n) is 6.08. The van der Waals surface area contributed by atoms with Gasteiger partial charge in [0.25, 0.3) is 0 Å². The molecule has 1 aliphatic heterocycles. The molecular formula is C27H29NO5. The minimum Gasteiger partial charge on any atom is -0.504 e. The van der Waals surface area contributed by atoms with Crippen LogP contribution in [-0.2, 0) is 20.7 Å². The largest absolute Gasteiger partial charge is 0.504 e. The first-order valence-corrected chi connectivity index (χ1v) is 11.4. The lowest BCUT2D eigenvalue weighted by Crippen LogP contribution is -2.34. The number of carbonyl (C=O) groups excluding carboxylic acids is 2. The number of hydrogen-bond donors (Lipinski definition) is 2. The average Bonchev–Trinajstić information content (AvgIpc) is 2.80. The Kier molecular flexibility index (Phi) is 6.82. The van der Waals surface area contributed by atoms with Gasteiger partial charge in [-0.1, -0.05) is 36.4 Å². The van der Waals surface area contributed by atoms with E-state index in [1.807, 2.05) is 44.2 Å². The van der Waals surface area contributed by atoms with Gasteiger partial charge >= 0.3 is 5.97 Å². The van der Waals surface area contributed by atoms with E-state index in [1.165, 1.54) is 0 Å². The molecule has 0 saturated carbocycles. The van der Waals surface area contributed by atoms with E-state index in [4.69, 9.17) is 9.47 Å². The molecule has 0 fully saturated rings. The number of allylic oxidation sites excluding steroid dienone is 3. The van der Waals surface area contributed by atoms with Crippen molar-refractivity contribution >= 4 is 11.8 Å². The van der Waals surface area contributed by atoms with Gasteiger partial charge in [0.15, 0.2) is 17.3 Å².